The molecule has 0 bridgehead atoms. The molecule has 0 aliphatic carbocycles. The normalized spacial score (nSPS) is 10.1. The van der Waals surface area contributed by atoms with Gasteiger partial charge in [0.1, 0.15) is 12.4 Å². The van der Waals surface area contributed by atoms with Crippen molar-refractivity contribution in [1.82, 2.24) is 4.98 Å². The summed E-state index contributed by atoms with van der Waals surface area (Å²) in [5, 5.41) is 0. The third-order valence-electron chi connectivity index (χ3n) is 1.52. The standard InChI is InChI=1S/C10H14BrNO2/c1-2-3-13-4-5-14-10-6-9(11)7-12-8-10/h6-8H,2-5H2,1H3. The van der Waals surface area contributed by atoms with Crippen LogP contribution in [-0.4, -0.2) is 24.8 Å². The molecule has 1 aromatic heterocycles. The minimum absolute atomic E-state index is 0.568. The van der Waals surface area contributed by atoms with Crippen LogP contribution < -0.4 is 4.74 Å². The fourth-order valence-electron chi connectivity index (χ4n) is 0.936. The van der Waals surface area contributed by atoms with Gasteiger partial charge < -0.3 is 9.47 Å². The lowest BCUT2D eigenvalue weighted by atomic mass is 10.5. The minimum atomic E-state index is 0.568. The van der Waals surface area contributed by atoms with E-state index < -0.39 is 0 Å². The molecular formula is C10H14BrNO2. The van der Waals surface area contributed by atoms with Crippen LogP contribution in [0.5, 0.6) is 5.75 Å². The Bertz CT molecular complexity index is 268. The molecule has 1 aromatic rings. The van der Waals surface area contributed by atoms with Gasteiger partial charge in [0.05, 0.1) is 12.8 Å². The molecular weight excluding hydrogens is 246 g/mol. The van der Waals surface area contributed by atoms with E-state index in [1.54, 1.807) is 12.4 Å². The summed E-state index contributed by atoms with van der Waals surface area (Å²) in [7, 11) is 0. The van der Waals surface area contributed by atoms with Crippen molar-refractivity contribution in [1.29, 1.82) is 0 Å². The summed E-state index contributed by atoms with van der Waals surface area (Å²) in [6.45, 7) is 4.07. The molecule has 1 heterocycles. The predicted molar refractivity (Wildman–Crippen MR) is 58.5 cm³/mol. The van der Waals surface area contributed by atoms with Gasteiger partial charge in [-0.3, -0.25) is 4.98 Å². The summed E-state index contributed by atoms with van der Waals surface area (Å²) in [4.78, 5) is 3.99. The number of pyridine rings is 1. The highest BCUT2D eigenvalue weighted by molar-refractivity contribution is 9.10. The zero-order valence-corrected chi connectivity index (χ0v) is 9.79. The lowest BCUT2D eigenvalue weighted by Gasteiger charge is -2.05. The maximum atomic E-state index is 5.42. The van der Waals surface area contributed by atoms with Gasteiger partial charge in [-0.1, -0.05) is 6.92 Å². The molecule has 0 radical (unpaired) electrons. The lowest BCUT2D eigenvalue weighted by molar-refractivity contribution is 0.100. The van der Waals surface area contributed by atoms with Crippen molar-refractivity contribution < 1.29 is 9.47 Å². The second-order valence-electron chi connectivity index (χ2n) is 2.80. The largest absolute Gasteiger partial charge is 0.490 e. The summed E-state index contributed by atoms with van der Waals surface area (Å²) in [6, 6.07) is 1.88. The van der Waals surface area contributed by atoms with Crippen LogP contribution in [0.1, 0.15) is 13.3 Å². The Labute approximate surface area is 92.6 Å². The highest BCUT2D eigenvalue weighted by Crippen LogP contribution is 2.15. The van der Waals surface area contributed by atoms with Gasteiger partial charge in [-0.05, 0) is 28.4 Å². The van der Waals surface area contributed by atoms with Crippen LogP contribution in [-0.2, 0) is 4.74 Å². The van der Waals surface area contributed by atoms with Crippen molar-refractivity contribution in [3.8, 4) is 5.75 Å². The molecule has 0 fully saturated rings. The Morgan fingerprint density at radius 3 is 2.86 bits per heavy atom. The average Bonchev–Trinajstić information content (AvgIpc) is 2.18. The van der Waals surface area contributed by atoms with Gasteiger partial charge in [-0.15, -0.1) is 0 Å². The van der Waals surface area contributed by atoms with Crippen molar-refractivity contribution >= 4 is 15.9 Å². The second kappa shape index (κ2) is 6.79. The molecule has 0 aromatic carbocycles. The molecule has 0 saturated carbocycles. The number of halogens is 1. The first-order valence-electron chi connectivity index (χ1n) is 4.64. The quantitative estimate of drug-likeness (QED) is 0.737. The maximum Gasteiger partial charge on any atom is 0.138 e. The molecule has 78 valence electrons. The van der Waals surface area contributed by atoms with Gasteiger partial charge in [-0.25, -0.2) is 0 Å². The zero-order valence-electron chi connectivity index (χ0n) is 8.20. The summed E-state index contributed by atoms with van der Waals surface area (Å²) < 4.78 is 11.6. The monoisotopic (exact) mass is 259 g/mol. The van der Waals surface area contributed by atoms with Crippen molar-refractivity contribution in [2.24, 2.45) is 0 Å². The highest BCUT2D eigenvalue weighted by atomic mass is 79.9. The second-order valence-corrected chi connectivity index (χ2v) is 3.72. The molecule has 3 nitrogen and oxygen atoms in total. The van der Waals surface area contributed by atoms with E-state index in [1.165, 1.54) is 0 Å². The molecule has 0 spiro atoms. The van der Waals surface area contributed by atoms with Crippen LogP contribution in [0.15, 0.2) is 22.9 Å². The fraction of sp³-hybridized carbons (Fsp3) is 0.500. The first-order valence-corrected chi connectivity index (χ1v) is 5.43. The van der Waals surface area contributed by atoms with Crippen molar-refractivity contribution in [2.75, 3.05) is 19.8 Å². The van der Waals surface area contributed by atoms with Crippen LogP contribution in [0.25, 0.3) is 0 Å². The van der Waals surface area contributed by atoms with E-state index in [1.807, 2.05) is 6.07 Å². The van der Waals surface area contributed by atoms with Gasteiger partial charge in [0.2, 0.25) is 0 Å². The predicted octanol–water partition coefficient (Wildman–Crippen LogP) is 2.65. The van der Waals surface area contributed by atoms with E-state index >= 15 is 0 Å². The Hall–Kier alpha value is -0.610. The van der Waals surface area contributed by atoms with E-state index in [4.69, 9.17) is 9.47 Å². The van der Waals surface area contributed by atoms with Crippen LogP contribution in [0, 0.1) is 0 Å². The average molecular weight is 260 g/mol. The number of aromatic nitrogens is 1. The molecule has 14 heavy (non-hydrogen) atoms. The number of ether oxygens (including phenoxy) is 2. The van der Waals surface area contributed by atoms with E-state index in [9.17, 15) is 0 Å². The van der Waals surface area contributed by atoms with Gasteiger partial charge in [0.15, 0.2) is 0 Å². The van der Waals surface area contributed by atoms with Gasteiger partial charge in [0, 0.05) is 17.3 Å². The van der Waals surface area contributed by atoms with Crippen LogP contribution in [0.4, 0.5) is 0 Å². The Kier molecular flexibility index (Phi) is 5.56. The highest BCUT2D eigenvalue weighted by Gasteiger charge is 1.94. The maximum absolute atomic E-state index is 5.42. The van der Waals surface area contributed by atoms with Gasteiger partial charge in [-0.2, -0.15) is 0 Å². The number of rotatable bonds is 6. The van der Waals surface area contributed by atoms with E-state index in [2.05, 4.69) is 27.8 Å². The Morgan fingerprint density at radius 1 is 1.29 bits per heavy atom. The first kappa shape index (κ1) is 11.5. The Morgan fingerprint density at radius 2 is 2.14 bits per heavy atom. The molecule has 0 saturated heterocycles. The van der Waals surface area contributed by atoms with E-state index in [0.29, 0.717) is 13.2 Å². The SMILES string of the molecule is CCCOCCOc1cncc(Br)c1. The lowest BCUT2D eigenvalue weighted by Crippen LogP contribution is -2.07. The summed E-state index contributed by atoms with van der Waals surface area (Å²) in [5.74, 6) is 0.763. The van der Waals surface area contributed by atoms with Gasteiger partial charge in [0.25, 0.3) is 0 Å². The number of nitrogens with zero attached hydrogens (tertiary/aromatic N) is 1. The summed E-state index contributed by atoms with van der Waals surface area (Å²) in [6.07, 6.45) is 4.45. The molecule has 1 rings (SSSR count). The van der Waals surface area contributed by atoms with Crippen LogP contribution in [0.2, 0.25) is 0 Å². The van der Waals surface area contributed by atoms with Crippen LogP contribution in [0.3, 0.4) is 0 Å². The smallest absolute Gasteiger partial charge is 0.138 e. The first-order chi connectivity index (χ1) is 6.83. The molecule has 0 atom stereocenters. The topological polar surface area (TPSA) is 31.4 Å². The van der Waals surface area contributed by atoms with E-state index in [-0.39, 0.29) is 0 Å². The molecule has 0 unspecified atom stereocenters. The van der Waals surface area contributed by atoms with Crippen molar-refractivity contribution in [2.45, 2.75) is 13.3 Å². The third kappa shape index (κ3) is 4.58. The minimum Gasteiger partial charge on any atom is -0.490 e. The molecule has 0 aliphatic rings. The molecule has 0 amide bonds. The van der Waals surface area contributed by atoms with Crippen LogP contribution >= 0.6 is 15.9 Å². The fourth-order valence-corrected chi connectivity index (χ4v) is 1.28. The molecule has 4 heteroatoms. The molecule has 0 N–H and O–H groups in total. The van der Waals surface area contributed by atoms with E-state index in [0.717, 1.165) is 23.2 Å². The summed E-state index contributed by atoms with van der Waals surface area (Å²) >= 11 is 3.32. The zero-order chi connectivity index (χ0) is 10.2. The summed E-state index contributed by atoms with van der Waals surface area (Å²) in [5.41, 5.74) is 0. The number of hydrogen-bond donors (Lipinski definition) is 0. The molecule has 0 aliphatic heterocycles. The number of hydrogen-bond acceptors (Lipinski definition) is 3. The third-order valence-corrected chi connectivity index (χ3v) is 1.96. The van der Waals surface area contributed by atoms with Crippen molar-refractivity contribution in [3.05, 3.63) is 22.9 Å². The Balaban J connectivity index is 2.18. The van der Waals surface area contributed by atoms with Crippen molar-refractivity contribution in [3.63, 3.8) is 0 Å². The van der Waals surface area contributed by atoms with Gasteiger partial charge >= 0.3 is 0 Å².